The van der Waals surface area contributed by atoms with Crippen LogP contribution in [0.15, 0.2) is 0 Å². The van der Waals surface area contributed by atoms with E-state index < -0.39 is 5.41 Å². The maximum Gasteiger partial charge on any atom is 0.312 e. The van der Waals surface area contributed by atoms with Crippen LogP contribution in [0.1, 0.15) is 71.6 Å². The monoisotopic (exact) mass is 367 g/mol. The summed E-state index contributed by atoms with van der Waals surface area (Å²) in [5.74, 6) is 0.906. The van der Waals surface area contributed by atoms with E-state index in [2.05, 4.69) is 13.8 Å². The number of likely N-dealkylation sites (tertiary alicyclic amines) is 1. The molecule has 5 rings (SSSR count). The van der Waals surface area contributed by atoms with Crippen LogP contribution >= 0.6 is 11.6 Å². The highest BCUT2D eigenvalue weighted by molar-refractivity contribution is 6.24. The Morgan fingerprint density at radius 2 is 1.68 bits per heavy atom. The number of piperidine rings is 1. The van der Waals surface area contributed by atoms with E-state index in [-0.39, 0.29) is 35.4 Å². The molecule has 4 saturated carbocycles. The lowest BCUT2D eigenvalue weighted by Crippen LogP contribution is -2.56. The third kappa shape index (κ3) is 3.09. The van der Waals surface area contributed by atoms with Crippen molar-refractivity contribution >= 4 is 23.5 Å². The summed E-state index contributed by atoms with van der Waals surface area (Å²) in [6, 6.07) is 0.473. The summed E-state index contributed by atoms with van der Waals surface area (Å²) in [7, 11) is 0. The van der Waals surface area contributed by atoms with Gasteiger partial charge in [-0.2, -0.15) is 0 Å². The van der Waals surface area contributed by atoms with Gasteiger partial charge in [-0.1, -0.05) is 0 Å². The number of hydrogen-bond acceptors (Lipinski definition) is 3. The van der Waals surface area contributed by atoms with Crippen molar-refractivity contribution < 1.29 is 14.3 Å². The van der Waals surface area contributed by atoms with Crippen molar-refractivity contribution in [1.29, 1.82) is 0 Å². The Hall–Kier alpha value is -0.770. The smallest absolute Gasteiger partial charge is 0.312 e. The Bertz CT molecular complexity index is 553. The molecule has 4 atom stereocenters. The summed E-state index contributed by atoms with van der Waals surface area (Å²) >= 11 is 6.80. The Morgan fingerprint density at radius 1 is 1.08 bits per heavy atom. The molecule has 140 valence electrons. The van der Waals surface area contributed by atoms with Gasteiger partial charge in [-0.05, 0) is 83.5 Å². The average molecular weight is 368 g/mol. The van der Waals surface area contributed by atoms with Gasteiger partial charge < -0.3 is 9.64 Å². The van der Waals surface area contributed by atoms with E-state index in [4.69, 9.17) is 16.3 Å². The van der Waals surface area contributed by atoms with Crippen molar-refractivity contribution in [2.75, 3.05) is 6.61 Å². The van der Waals surface area contributed by atoms with E-state index in [1.807, 2.05) is 4.90 Å². The van der Waals surface area contributed by atoms with Gasteiger partial charge in [0.15, 0.2) is 6.61 Å². The Morgan fingerprint density at radius 3 is 2.24 bits per heavy atom. The van der Waals surface area contributed by atoms with Gasteiger partial charge in [0.25, 0.3) is 5.91 Å². The molecule has 0 unspecified atom stereocenters. The van der Waals surface area contributed by atoms with Crippen molar-refractivity contribution in [3.05, 3.63) is 0 Å². The predicted molar refractivity (Wildman–Crippen MR) is 96.3 cm³/mol. The van der Waals surface area contributed by atoms with Crippen LogP contribution in [0.3, 0.4) is 0 Å². The molecule has 4 bridgehead atoms. The standard InChI is InChI=1S/C20H30ClNO3/c1-13-4-3-5-14(2)22(13)17(23)11-25-18(24)19-7-15-6-16(8-19)10-20(21,9-15)12-19/h13-16H,3-12H2,1-2H3/t13-,14-,15-,16-,19?,20?/m1/s1. The second-order valence-electron chi connectivity index (χ2n) is 9.40. The molecule has 1 heterocycles. The van der Waals surface area contributed by atoms with E-state index in [1.54, 1.807) is 0 Å². The highest BCUT2D eigenvalue weighted by Crippen LogP contribution is 2.64. The van der Waals surface area contributed by atoms with Crippen LogP contribution in [0.4, 0.5) is 0 Å². The minimum atomic E-state index is -0.425. The second-order valence-corrected chi connectivity index (χ2v) is 10.2. The van der Waals surface area contributed by atoms with Crippen LogP contribution < -0.4 is 0 Å². The molecule has 5 fully saturated rings. The van der Waals surface area contributed by atoms with Crippen molar-refractivity contribution in [2.45, 2.75) is 88.6 Å². The summed E-state index contributed by atoms with van der Waals surface area (Å²) in [6.07, 6.45) is 9.07. The van der Waals surface area contributed by atoms with Gasteiger partial charge in [0.05, 0.1) is 5.41 Å². The van der Waals surface area contributed by atoms with Gasteiger partial charge in [-0.3, -0.25) is 9.59 Å². The molecule has 0 aromatic rings. The molecule has 0 N–H and O–H groups in total. The number of alkyl halides is 1. The number of amides is 1. The summed E-state index contributed by atoms with van der Waals surface area (Å²) in [5, 5.41) is 0. The van der Waals surface area contributed by atoms with Crippen LogP contribution in [0, 0.1) is 17.3 Å². The Kier molecular flexibility index (Phi) is 4.33. The first-order valence-corrected chi connectivity index (χ1v) is 10.4. The van der Waals surface area contributed by atoms with E-state index in [0.29, 0.717) is 11.8 Å². The molecule has 1 amide bonds. The molecule has 0 aromatic heterocycles. The van der Waals surface area contributed by atoms with Crippen LogP contribution in [-0.2, 0) is 14.3 Å². The van der Waals surface area contributed by atoms with Crippen LogP contribution in [-0.4, -0.2) is 40.3 Å². The minimum Gasteiger partial charge on any atom is -0.455 e. The lowest BCUT2D eigenvalue weighted by Gasteiger charge is -2.58. The number of rotatable bonds is 3. The quantitative estimate of drug-likeness (QED) is 0.561. The molecule has 4 nitrogen and oxygen atoms in total. The normalized spacial score (nSPS) is 45.5. The molecular weight excluding hydrogens is 338 g/mol. The number of esters is 1. The number of hydrogen-bond donors (Lipinski definition) is 0. The maximum absolute atomic E-state index is 12.9. The van der Waals surface area contributed by atoms with E-state index in [1.165, 1.54) is 6.42 Å². The Balaban J connectivity index is 1.40. The number of carbonyl (C=O) groups is 2. The molecule has 4 aliphatic carbocycles. The van der Waals surface area contributed by atoms with Crippen molar-refractivity contribution in [2.24, 2.45) is 17.3 Å². The highest BCUT2D eigenvalue weighted by atomic mass is 35.5. The molecule has 1 saturated heterocycles. The lowest BCUT2D eigenvalue weighted by molar-refractivity contribution is -0.174. The molecule has 25 heavy (non-hydrogen) atoms. The molecule has 5 aliphatic rings. The summed E-state index contributed by atoms with van der Waals surface area (Å²) < 4.78 is 5.59. The fraction of sp³-hybridized carbons (Fsp3) is 0.900. The van der Waals surface area contributed by atoms with Gasteiger partial charge in [0.1, 0.15) is 0 Å². The minimum absolute atomic E-state index is 0.0432. The zero-order valence-corrected chi connectivity index (χ0v) is 16.2. The SMILES string of the molecule is C[C@@H]1CCC[C@@H](C)N1C(=O)COC(=O)C12C[C@H]3C[C@@H](CC(Cl)(C3)C1)C2. The van der Waals surface area contributed by atoms with Gasteiger partial charge >= 0.3 is 5.97 Å². The summed E-state index contributed by atoms with van der Waals surface area (Å²) in [4.78, 5) is 27.3. The number of ether oxygens (including phenoxy) is 1. The molecular formula is C20H30ClNO3. The first-order chi connectivity index (χ1) is 11.8. The number of carbonyl (C=O) groups excluding carboxylic acids is 2. The average Bonchev–Trinajstić information content (AvgIpc) is 2.50. The van der Waals surface area contributed by atoms with Gasteiger partial charge in [0, 0.05) is 17.0 Å². The summed E-state index contributed by atoms with van der Waals surface area (Å²) in [5.41, 5.74) is -0.425. The predicted octanol–water partition coefficient (Wildman–Crippen LogP) is 3.90. The van der Waals surface area contributed by atoms with Gasteiger partial charge in [-0.15, -0.1) is 11.6 Å². The first kappa shape index (κ1) is 17.6. The largest absolute Gasteiger partial charge is 0.455 e. The third-order valence-electron chi connectivity index (χ3n) is 7.23. The van der Waals surface area contributed by atoms with Gasteiger partial charge in [-0.25, -0.2) is 0 Å². The second kappa shape index (κ2) is 6.14. The van der Waals surface area contributed by atoms with Crippen molar-refractivity contribution in [3.63, 3.8) is 0 Å². The first-order valence-electron chi connectivity index (χ1n) is 9.98. The third-order valence-corrected chi connectivity index (χ3v) is 7.67. The number of nitrogens with zero attached hydrogens (tertiary/aromatic N) is 1. The van der Waals surface area contributed by atoms with Gasteiger partial charge in [0.2, 0.25) is 0 Å². The molecule has 1 aliphatic heterocycles. The maximum atomic E-state index is 12.9. The molecule has 0 radical (unpaired) electrons. The topological polar surface area (TPSA) is 46.6 Å². The van der Waals surface area contributed by atoms with Crippen molar-refractivity contribution in [1.82, 2.24) is 4.90 Å². The lowest BCUT2D eigenvalue weighted by atomic mass is 9.49. The number of halogens is 1. The zero-order valence-electron chi connectivity index (χ0n) is 15.4. The van der Waals surface area contributed by atoms with E-state index >= 15 is 0 Å². The summed E-state index contributed by atoms with van der Waals surface area (Å²) in [6.45, 7) is 4.07. The van der Waals surface area contributed by atoms with Crippen LogP contribution in [0.2, 0.25) is 0 Å². The zero-order chi connectivity index (χ0) is 17.8. The fourth-order valence-electron chi connectivity index (χ4n) is 6.66. The van der Waals surface area contributed by atoms with Crippen LogP contribution in [0.25, 0.3) is 0 Å². The van der Waals surface area contributed by atoms with Crippen LogP contribution in [0.5, 0.6) is 0 Å². The van der Waals surface area contributed by atoms with E-state index in [0.717, 1.165) is 51.4 Å². The molecule has 0 aromatic carbocycles. The Labute approximate surface area is 155 Å². The molecule has 5 heteroatoms. The van der Waals surface area contributed by atoms with E-state index in [9.17, 15) is 9.59 Å². The highest BCUT2D eigenvalue weighted by Gasteiger charge is 2.60. The molecule has 0 spiro atoms. The fourth-order valence-corrected chi connectivity index (χ4v) is 7.35. The van der Waals surface area contributed by atoms with Crippen molar-refractivity contribution in [3.8, 4) is 0 Å².